The molecule has 0 atom stereocenters. The molecule has 0 amide bonds. The zero-order valence-electron chi connectivity index (χ0n) is 44.5. The van der Waals surface area contributed by atoms with Crippen LogP contribution in [0.3, 0.4) is 0 Å². The molecular weight excluding hydrogens is 1030 g/mol. The van der Waals surface area contributed by atoms with Crippen LogP contribution in [-0.4, -0.2) is 33.2 Å². The zero-order valence-corrected chi connectivity index (χ0v) is 45.3. The smallest absolute Gasteiger partial charge is 0.164 e. The highest BCUT2D eigenvalue weighted by Crippen LogP contribution is 2.43. The minimum Gasteiger partial charge on any atom is -0.309 e. The van der Waals surface area contributed by atoms with Gasteiger partial charge in [0.05, 0.1) is 44.1 Å². The maximum absolute atomic E-state index is 5.10. The summed E-state index contributed by atoms with van der Waals surface area (Å²) in [5, 5.41) is 12.1. The van der Waals surface area contributed by atoms with Gasteiger partial charge in [0.25, 0.3) is 0 Å². The molecule has 7 nitrogen and oxygen atoms in total. The van der Waals surface area contributed by atoms with Gasteiger partial charge in [-0.25, -0.2) is 15.0 Å². The Bertz CT molecular complexity index is 5370. The lowest BCUT2D eigenvalue weighted by Crippen LogP contribution is -2.00. The lowest BCUT2D eigenvalue weighted by atomic mass is 10.1. The van der Waals surface area contributed by atoms with E-state index in [4.69, 9.17) is 15.0 Å². The molecule has 0 saturated heterocycles. The second kappa shape index (κ2) is 17.8. The third-order valence-corrected chi connectivity index (χ3v) is 18.1. The average molecular weight is 1080 g/mol. The average Bonchev–Trinajstić information content (AvgIpc) is 2.52. The zero-order chi connectivity index (χ0) is 54.3. The van der Waals surface area contributed by atoms with Gasteiger partial charge in [-0.15, -0.1) is 11.3 Å². The summed E-state index contributed by atoms with van der Waals surface area (Å²) in [4.78, 5) is 15.2. The van der Waals surface area contributed by atoms with Gasteiger partial charge in [0, 0.05) is 103 Å². The molecule has 12 aromatic carbocycles. The summed E-state index contributed by atoms with van der Waals surface area (Å²) in [5.74, 6) is 1.94. The van der Waals surface area contributed by atoms with Gasteiger partial charge in [-0.05, 0) is 121 Å². The quantitative estimate of drug-likeness (QED) is 0.160. The molecule has 0 N–H and O–H groups in total. The van der Waals surface area contributed by atoms with Crippen LogP contribution in [0.25, 0.3) is 164 Å². The van der Waals surface area contributed by atoms with Crippen molar-refractivity contribution in [2.45, 2.75) is 0 Å². The fraction of sp³-hybridized carbons (Fsp3) is 0. The SMILES string of the molecule is c1ccc(-c2nc(-c3ccccc3)nc(-c3ccc4sc5ccc(-n6c7ccccc7c7cc(-n8c9ccc(-n%10c%11ccccc%11c%11ccccc%11%10)cc9c9cc(-n%10c%11ccccc%11c%11ccccc%11%10)ccc98)ccc76)cc5c4c3)n2)cc1. The first-order valence-corrected chi connectivity index (χ1v) is 28.9. The van der Waals surface area contributed by atoms with Gasteiger partial charge in [0.2, 0.25) is 0 Å². The lowest BCUT2D eigenvalue weighted by molar-refractivity contribution is 1.07. The van der Waals surface area contributed by atoms with Gasteiger partial charge in [0.1, 0.15) is 0 Å². The first-order chi connectivity index (χ1) is 41.1. The summed E-state index contributed by atoms with van der Waals surface area (Å²) in [5.41, 5.74) is 16.6. The molecule has 18 aromatic rings. The lowest BCUT2D eigenvalue weighted by Gasteiger charge is -2.12. The Morgan fingerprint density at radius 2 is 0.482 bits per heavy atom. The van der Waals surface area contributed by atoms with Crippen LogP contribution < -0.4 is 0 Å². The van der Waals surface area contributed by atoms with Crippen LogP contribution >= 0.6 is 11.3 Å². The molecule has 8 heteroatoms. The highest BCUT2D eigenvalue weighted by Gasteiger charge is 2.22. The number of benzene rings is 12. The van der Waals surface area contributed by atoms with Gasteiger partial charge >= 0.3 is 0 Å². The van der Waals surface area contributed by atoms with Crippen molar-refractivity contribution in [1.82, 2.24) is 33.2 Å². The molecule has 386 valence electrons. The molecule has 18 rings (SSSR count). The Hall–Kier alpha value is -10.9. The molecule has 0 radical (unpaired) electrons. The van der Waals surface area contributed by atoms with E-state index < -0.39 is 0 Å². The highest BCUT2D eigenvalue weighted by atomic mass is 32.1. The minimum absolute atomic E-state index is 0.642. The van der Waals surface area contributed by atoms with E-state index in [1.165, 1.54) is 85.3 Å². The van der Waals surface area contributed by atoms with Gasteiger partial charge < -0.3 is 18.3 Å². The second-order valence-electron chi connectivity index (χ2n) is 21.6. The largest absolute Gasteiger partial charge is 0.309 e. The van der Waals surface area contributed by atoms with Gasteiger partial charge in [-0.3, -0.25) is 0 Å². The maximum atomic E-state index is 5.10. The Balaban J connectivity index is 0.814. The monoisotopic (exact) mass is 1080 g/mol. The Morgan fingerprint density at radius 3 is 0.880 bits per heavy atom. The molecule has 0 bridgehead atoms. The van der Waals surface area contributed by atoms with E-state index in [2.05, 4.69) is 255 Å². The van der Waals surface area contributed by atoms with Gasteiger partial charge in [-0.2, -0.15) is 0 Å². The molecule has 0 saturated carbocycles. The van der Waals surface area contributed by atoms with Crippen LogP contribution in [-0.2, 0) is 0 Å². The number of para-hydroxylation sites is 5. The molecule has 83 heavy (non-hydrogen) atoms. The number of fused-ring (bicyclic) bond motifs is 15. The van der Waals surface area contributed by atoms with Crippen molar-refractivity contribution >= 4 is 119 Å². The van der Waals surface area contributed by atoms with Crippen molar-refractivity contribution in [1.29, 1.82) is 0 Å². The number of rotatable bonds is 7. The van der Waals surface area contributed by atoms with E-state index in [1.54, 1.807) is 0 Å². The van der Waals surface area contributed by atoms with Crippen LogP contribution in [0, 0.1) is 0 Å². The van der Waals surface area contributed by atoms with Crippen molar-refractivity contribution < 1.29 is 0 Å². The molecule has 6 aromatic heterocycles. The van der Waals surface area contributed by atoms with E-state index >= 15 is 0 Å². The van der Waals surface area contributed by atoms with Crippen LogP contribution in [0.5, 0.6) is 0 Å². The number of hydrogen-bond donors (Lipinski definition) is 0. The highest BCUT2D eigenvalue weighted by molar-refractivity contribution is 7.25. The summed E-state index contributed by atoms with van der Waals surface area (Å²) in [6.07, 6.45) is 0. The van der Waals surface area contributed by atoms with Crippen molar-refractivity contribution in [3.63, 3.8) is 0 Å². The normalized spacial score (nSPS) is 12.1. The van der Waals surface area contributed by atoms with E-state index in [1.807, 2.05) is 47.7 Å². The van der Waals surface area contributed by atoms with E-state index in [-0.39, 0.29) is 0 Å². The van der Waals surface area contributed by atoms with Crippen LogP contribution in [0.4, 0.5) is 0 Å². The first kappa shape index (κ1) is 45.9. The fourth-order valence-corrected chi connectivity index (χ4v) is 14.4. The summed E-state index contributed by atoms with van der Waals surface area (Å²) < 4.78 is 12.2. The number of nitrogens with zero attached hydrogens (tertiary/aromatic N) is 7. The Labute approximate surface area is 479 Å². The standard InChI is InChI=1S/C75H45N7S/c1-3-17-46(18-4-1)73-76-74(47-19-5-2-6-20-47)78-75(77-73)48-31-39-71-61(41-48)62-45-52(35-40-72(62)83-71)81-67-30-16-11-25-57(67)58-42-49(32-36-68(58)81)82-69-37-33-50(79-63-26-12-7-21-53(63)54-22-8-13-27-64(54)79)43-59(69)60-44-51(34-38-70(60)82)80-65-28-14-9-23-55(65)56-24-10-15-29-66(56)80/h1-45H. The number of aromatic nitrogens is 7. The summed E-state index contributed by atoms with van der Waals surface area (Å²) in [7, 11) is 0. The molecule has 0 aliphatic carbocycles. The summed E-state index contributed by atoms with van der Waals surface area (Å²) in [6.45, 7) is 0. The van der Waals surface area contributed by atoms with Crippen molar-refractivity contribution in [3.8, 4) is 56.9 Å². The van der Waals surface area contributed by atoms with Crippen LogP contribution in [0.2, 0.25) is 0 Å². The van der Waals surface area contributed by atoms with Crippen molar-refractivity contribution in [2.24, 2.45) is 0 Å². The predicted octanol–water partition coefficient (Wildman–Crippen LogP) is 19.6. The molecule has 0 spiro atoms. The third-order valence-electron chi connectivity index (χ3n) is 17.0. The molecule has 0 aliphatic heterocycles. The van der Waals surface area contributed by atoms with Crippen molar-refractivity contribution in [2.75, 3.05) is 0 Å². The summed E-state index contributed by atoms with van der Waals surface area (Å²) >= 11 is 1.81. The molecule has 6 heterocycles. The van der Waals surface area contributed by atoms with Gasteiger partial charge in [-0.1, -0.05) is 152 Å². The third kappa shape index (κ3) is 6.94. The minimum atomic E-state index is 0.642. The molecule has 0 unspecified atom stereocenters. The molecular formula is C75H45N7S. The molecule has 0 fully saturated rings. The van der Waals surface area contributed by atoms with Crippen LogP contribution in [0.1, 0.15) is 0 Å². The molecule has 0 aliphatic rings. The fourth-order valence-electron chi connectivity index (χ4n) is 13.3. The van der Waals surface area contributed by atoms with Gasteiger partial charge in [0.15, 0.2) is 17.5 Å². The first-order valence-electron chi connectivity index (χ1n) is 28.1. The maximum Gasteiger partial charge on any atom is 0.164 e. The topological polar surface area (TPSA) is 58.4 Å². The Kier molecular flexibility index (Phi) is 9.83. The van der Waals surface area contributed by atoms with E-state index in [0.29, 0.717) is 17.5 Å². The number of thiophene rings is 1. The van der Waals surface area contributed by atoms with Crippen molar-refractivity contribution in [3.05, 3.63) is 273 Å². The van der Waals surface area contributed by atoms with E-state index in [0.717, 1.165) is 61.5 Å². The van der Waals surface area contributed by atoms with Crippen LogP contribution in [0.15, 0.2) is 273 Å². The van der Waals surface area contributed by atoms with E-state index in [9.17, 15) is 0 Å². The number of hydrogen-bond acceptors (Lipinski definition) is 4. The predicted molar refractivity (Wildman–Crippen MR) is 346 cm³/mol. The summed E-state index contributed by atoms with van der Waals surface area (Å²) in [6, 6.07) is 99.0. The second-order valence-corrected chi connectivity index (χ2v) is 22.6. The Morgan fingerprint density at radius 1 is 0.205 bits per heavy atom.